The Labute approximate surface area is 79.5 Å². The van der Waals surface area contributed by atoms with Crippen LogP contribution in [0.3, 0.4) is 0 Å². The molecule has 0 fully saturated rings. The fourth-order valence-electron chi connectivity index (χ4n) is 0.923. The van der Waals surface area contributed by atoms with Gasteiger partial charge < -0.3 is 15.5 Å². The van der Waals surface area contributed by atoms with E-state index in [1.807, 2.05) is 0 Å². The quantitative estimate of drug-likeness (QED) is 0.278. The summed E-state index contributed by atoms with van der Waals surface area (Å²) in [6.07, 6.45) is 0. The molecule has 1 rings (SSSR count). The number of hydrogen-bond donors (Lipinski definition) is 3. The Bertz CT molecular complexity index is 624. The second kappa shape index (κ2) is 3.65. The average Bonchev–Trinajstić information content (AvgIpc) is 2.19. The first-order chi connectivity index (χ1) is 7.08. The fraction of sp³-hybridized carbons (Fsp3) is 0. The van der Waals surface area contributed by atoms with Crippen LogP contribution in [-0.4, -0.2) is 15.5 Å². The molecule has 0 saturated carbocycles. The Hall–Kier alpha value is -2.58. The van der Waals surface area contributed by atoms with Crippen molar-refractivity contribution in [3.63, 3.8) is 0 Å². The van der Waals surface area contributed by atoms with Gasteiger partial charge in [-0.25, -0.2) is 0 Å². The van der Waals surface area contributed by atoms with E-state index in [0.717, 1.165) is 0 Å². The van der Waals surface area contributed by atoms with Crippen LogP contribution in [0.25, 0.3) is 0 Å². The maximum Gasteiger partial charge on any atom is 0.244 e. The molecule has 0 atom stereocenters. The van der Waals surface area contributed by atoms with Crippen molar-refractivity contribution in [2.45, 2.75) is 0 Å². The molecule has 0 radical (unpaired) electrons. The minimum Gasteiger partial charge on any atom is -0.503 e. The Morgan fingerprint density at radius 2 is 1.47 bits per heavy atom. The van der Waals surface area contributed by atoms with Crippen molar-refractivity contribution in [2.75, 3.05) is 0 Å². The molecular weight excluding hydrogens is 210 g/mol. The van der Waals surface area contributed by atoms with Gasteiger partial charge in [-0.1, -0.05) is 10.3 Å². The summed E-state index contributed by atoms with van der Waals surface area (Å²) in [5.41, 5.74) is -3.72. The molecular formula is C6H3N3O6. The van der Waals surface area contributed by atoms with Gasteiger partial charge in [0, 0.05) is 0 Å². The van der Waals surface area contributed by atoms with Crippen LogP contribution in [0, 0.1) is 4.91 Å². The van der Waals surface area contributed by atoms with Gasteiger partial charge in [0.1, 0.15) is 0 Å². The van der Waals surface area contributed by atoms with Gasteiger partial charge in [0.25, 0.3) is 0 Å². The highest BCUT2D eigenvalue weighted by molar-refractivity contribution is 5.49. The van der Waals surface area contributed by atoms with E-state index < -0.39 is 33.0 Å². The zero-order chi connectivity index (χ0) is 11.6. The summed E-state index contributed by atoms with van der Waals surface area (Å²) in [6, 6.07) is 0. The van der Waals surface area contributed by atoms with Crippen molar-refractivity contribution in [2.24, 2.45) is 15.5 Å². The van der Waals surface area contributed by atoms with E-state index in [-0.39, 0.29) is 0 Å². The van der Waals surface area contributed by atoms with E-state index in [2.05, 4.69) is 15.5 Å². The third kappa shape index (κ3) is 1.35. The van der Waals surface area contributed by atoms with Crippen molar-refractivity contribution in [3.05, 3.63) is 36.1 Å². The Morgan fingerprint density at radius 3 is 1.87 bits per heavy atom. The number of hydrogen-bond acceptors (Lipinski definition) is 9. The highest BCUT2D eigenvalue weighted by atomic mass is 16.4. The third-order valence-electron chi connectivity index (χ3n) is 1.60. The summed E-state index contributed by atoms with van der Waals surface area (Å²) in [7, 11) is 0. The van der Waals surface area contributed by atoms with Gasteiger partial charge in [-0.05, 0) is 5.18 Å². The lowest BCUT2D eigenvalue weighted by Gasteiger charge is -1.91. The molecule has 15 heavy (non-hydrogen) atoms. The molecule has 0 heterocycles. The first kappa shape index (κ1) is 10.5. The zero-order valence-electron chi connectivity index (χ0n) is 6.91. The summed E-state index contributed by atoms with van der Waals surface area (Å²) < 4.78 is 0. The number of phenolic OH excluding ortho intramolecular Hbond substituents is 1. The van der Waals surface area contributed by atoms with Crippen LogP contribution in [0.4, 0.5) is 5.69 Å². The van der Waals surface area contributed by atoms with Gasteiger partial charge in [0.05, 0.1) is 0 Å². The molecule has 0 saturated heterocycles. The number of nitrogens with zero attached hydrogens (tertiary/aromatic N) is 3. The Balaban J connectivity index is 4.21. The van der Waals surface area contributed by atoms with E-state index in [1.54, 1.807) is 0 Å². The SMILES string of the molecule is O=Nc1c(O)/c(=N/O)c(=O)/c(=N/O)c1=O. The molecule has 0 aliphatic heterocycles. The standard InChI is InChI=1S/C6H3N3O6/c10-4-1(7-13)5(11)3(9-15)6(12)2(4)8-14/h10,13,15H/b7-1-,9-3-. The molecule has 9 heteroatoms. The van der Waals surface area contributed by atoms with Gasteiger partial charge in [-0.2, -0.15) is 0 Å². The monoisotopic (exact) mass is 213 g/mol. The first-order valence-corrected chi connectivity index (χ1v) is 3.39. The summed E-state index contributed by atoms with van der Waals surface area (Å²) in [5.74, 6) is -1.16. The van der Waals surface area contributed by atoms with Crippen LogP contribution >= 0.6 is 0 Å². The van der Waals surface area contributed by atoms with E-state index in [0.29, 0.717) is 0 Å². The molecule has 0 aliphatic carbocycles. The van der Waals surface area contributed by atoms with Crippen molar-refractivity contribution in [3.8, 4) is 5.75 Å². The molecule has 9 nitrogen and oxygen atoms in total. The third-order valence-corrected chi connectivity index (χ3v) is 1.60. The minimum atomic E-state index is -1.34. The number of phenols is 1. The van der Waals surface area contributed by atoms with Crippen molar-refractivity contribution < 1.29 is 15.5 Å². The Kier molecular flexibility index (Phi) is 2.56. The molecule has 0 aromatic heterocycles. The van der Waals surface area contributed by atoms with Gasteiger partial charge >= 0.3 is 0 Å². The smallest absolute Gasteiger partial charge is 0.244 e. The van der Waals surface area contributed by atoms with Crippen molar-refractivity contribution in [1.29, 1.82) is 0 Å². The van der Waals surface area contributed by atoms with Crippen LogP contribution in [0.5, 0.6) is 5.75 Å². The highest BCUT2D eigenvalue weighted by Gasteiger charge is 2.17. The maximum atomic E-state index is 11.1. The van der Waals surface area contributed by atoms with Crippen LogP contribution in [0.15, 0.2) is 25.1 Å². The van der Waals surface area contributed by atoms with Gasteiger partial charge in [0.2, 0.25) is 21.9 Å². The van der Waals surface area contributed by atoms with Gasteiger partial charge in [0.15, 0.2) is 11.1 Å². The summed E-state index contributed by atoms with van der Waals surface area (Å²) >= 11 is 0. The van der Waals surface area contributed by atoms with E-state index >= 15 is 0 Å². The molecule has 0 amide bonds. The lowest BCUT2D eigenvalue weighted by atomic mass is 10.2. The van der Waals surface area contributed by atoms with Crippen LogP contribution in [0.2, 0.25) is 0 Å². The molecule has 1 aromatic carbocycles. The maximum absolute atomic E-state index is 11.1. The molecule has 78 valence electrons. The van der Waals surface area contributed by atoms with Gasteiger partial charge in [-0.3, -0.25) is 9.59 Å². The molecule has 0 bridgehead atoms. The summed E-state index contributed by atoms with van der Waals surface area (Å²) in [5, 5.41) is 30.5. The number of rotatable bonds is 1. The van der Waals surface area contributed by atoms with Crippen LogP contribution < -0.4 is 21.6 Å². The number of benzene rings is 1. The second-order valence-corrected chi connectivity index (χ2v) is 2.34. The van der Waals surface area contributed by atoms with Crippen LogP contribution in [0.1, 0.15) is 0 Å². The summed E-state index contributed by atoms with van der Waals surface area (Å²) in [6.45, 7) is 0. The Morgan fingerprint density at radius 1 is 0.933 bits per heavy atom. The van der Waals surface area contributed by atoms with Crippen molar-refractivity contribution in [1.82, 2.24) is 0 Å². The molecule has 0 unspecified atom stereocenters. The number of nitroso groups, excluding NO2 is 1. The zero-order valence-corrected chi connectivity index (χ0v) is 6.91. The highest BCUT2D eigenvalue weighted by Crippen LogP contribution is 2.12. The lowest BCUT2D eigenvalue weighted by molar-refractivity contribution is 0.292. The predicted molar refractivity (Wildman–Crippen MR) is 43.2 cm³/mol. The molecule has 1 aromatic rings. The predicted octanol–water partition coefficient (Wildman–Crippen LogP) is -2.03. The second-order valence-electron chi connectivity index (χ2n) is 2.34. The van der Waals surface area contributed by atoms with Gasteiger partial charge in [-0.15, -0.1) is 4.91 Å². The fourth-order valence-corrected chi connectivity index (χ4v) is 0.923. The van der Waals surface area contributed by atoms with E-state index in [4.69, 9.17) is 15.5 Å². The molecule has 0 aliphatic rings. The topological polar surface area (TPSA) is 149 Å². The average molecular weight is 213 g/mol. The minimum absolute atomic E-state index is 0.989. The number of aromatic hydroxyl groups is 1. The lowest BCUT2D eigenvalue weighted by Crippen LogP contribution is -2.47. The van der Waals surface area contributed by atoms with Crippen molar-refractivity contribution >= 4 is 5.69 Å². The van der Waals surface area contributed by atoms with E-state index in [1.165, 1.54) is 0 Å². The molecule has 3 N–H and O–H groups in total. The normalized spacial score (nSPS) is 13.1. The van der Waals surface area contributed by atoms with Crippen LogP contribution in [-0.2, 0) is 0 Å². The largest absolute Gasteiger partial charge is 0.503 e. The first-order valence-electron chi connectivity index (χ1n) is 3.39. The van der Waals surface area contributed by atoms with E-state index in [9.17, 15) is 14.5 Å². The molecule has 0 spiro atoms. The summed E-state index contributed by atoms with van der Waals surface area (Å²) in [4.78, 5) is 32.4.